The molecular weight excluding hydrogens is 288 g/mol. The summed E-state index contributed by atoms with van der Waals surface area (Å²) in [6, 6.07) is 3.50. The average molecular weight is 303 g/mol. The zero-order valence-electron chi connectivity index (χ0n) is 10.4. The molecule has 0 aliphatic heterocycles. The number of rotatable bonds is 6. The van der Waals surface area contributed by atoms with Crippen LogP contribution in [-0.2, 0) is 4.79 Å². The van der Waals surface area contributed by atoms with Gasteiger partial charge < -0.3 is 16.2 Å². The van der Waals surface area contributed by atoms with Gasteiger partial charge in [0.1, 0.15) is 6.04 Å². The Balaban J connectivity index is 2.78. The Bertz CT molecular complexity index is 462. The molecule has 0 aliphatic rings. The van der Waals surface area contributed by atoms with E-state index in [1.807, 2.05) is 6.26 Å². The maximum absolute atomic E-state index is 11.9. The van der Waals surface area contributed by atoms with Crippen molar-refractivity contribution in [3.8, 4) is 0 Å². The number of nitrogens with one attached hydrogen (secondary N) is 1. The van der Waals surface area contributed by atoms with Crippen LogP contribution in [0.5, 0.6) is 0 Å². The van der Waals surface area contributed by atoms with Crippen LogP contribution < -0.4 is 11.1 Å². The average Bonchev–Trinajstić information content (AvgIpc) is 2.32. The molecule has 1 atom stereocenters. The van der Waals surface area contributed by atoms with Crippen molar-refractivity contribution >= 4 is 40.9 Å². The predicted octanol–water partition coefficient (Wildman–Crippen LogP) is 1.86. The van der Waals surface area contributed by atoms with Crippen LogP contribution in [0.15, 0.2) is 18.2 Å². The van der Waals surface area contributed by atoms with E-state index >= 15 is 0 Å². The number of nitrogen functional groups attached to an aromatic ring is 1. The molecule has 1 amide bonds. The van der Waals surface area contributed by atoms with Crippen molar-refractivity contribution in [2.45, 2.75) is 12.5 Å². The third kappa shape index (κ3) is 5.00. The normalized spacial score (nSPS) is 11.9. The Labute approximate surface area is 120 Å². The molecular formula is C12H15ClN2O3S. The molecule has 0 fully saturated rings. The van der Waals surface area contributed by atoms with Crippen molar-refractivity contribution in [1.82, 2.24) is 5.32 Å². The van der Waals surface area contributed by atoms with Crippen LogP contribution in [0.4, 0.5) is 5.69 Å². The minimum atomic E-state index is -1.06. The van der Waals surface area contributed by atoms with Gasteiger partial charge in [0.05, 0.1) is 0 Å². The van der Waals surface area contributed by atoms with E-state index in [2.05, 4.69) is 5.32 Å². The van der Waals surface area contributed by atoms with Gasteiger partial charge in [0, 0.05) is 16.3 Å². The second kappa shape index (κ2) is 7.25. The number of hydrogen-bond donors (Lipinski definition) is 3. The highest BCUT2D eigenvalue weighted by Crippen LogP contribution is 2.16. The number of carboxylic acid groups (broad SMARTS) is 1. The number of hydrogen-bond acceptors (Lipinski definition) is 4. The summed E-state index contributed by atoms with van der Waals surface area (Å²) in [5.74, 6) is -0.908. The van der Waals surface area contributed by atoms with E-state index in [-0.39, 0.29) is 5.56 Å². The van der Waals surface area contributed by atoms with Crippen LogP contribution in [0.1, 0.15) is 16.8 Å². The van der Waals surface area contributed by atoms with Gasteiger partial charge in [-0.1, -0.05) is 11.6 Å². The van der Waals surface area contributed by atoms with Crippen LogP contribution in [0, 0.1) is 0 Å². The number of carbonyl (C=O) groups is 2. The Morgan fingerprint density at radius 3 is 2.68 bits per heavy atom. The molecule has 1 aromatic carbocycles. The first-order valence-corrected chi connectivity index (χ1v) is 7.30. The molecule has 7 heteroatoms. The molecule has 0 saturated heterocycles. The van der Waals surface area contributed by atoms with E-state index < -0.39 is 17.9 Å². The summed E-state index contributed by atoms with van der Waals surface area (Å²) in [6.07, 6.45) is 2.23. The van der Waals surface area contributed by atoms with Crippen LogP contribution in [0.2, 0.25) is 5.02 Å². The monoisotopic (exact) mass is 302 g/mol. The molecule has 0 bridgehead atoms. The first-order chi connectivity index (χ1) is 8.93. The van der Waals surface area contributed by atoms with E-state index in [9.17, 15) is 9.59 Å². The highest BCUT2D eigenvalue weighted by molar-refractivity contribution is 7.98. The Hall–Kier alpha value is -1.40. The van der Waals surface area contributed by atoms with Gasteiger partial charge >= 0.3 is 5.97 Å². The van der Waals surface area contributed by atoms with Gasteiger partial charge in [-0.2, -0.15) is 11.8 Å². The number of benzene rings is 1. The molecule has 0 aliphatic carbocycles. The summed E-state index contributed by atoms with van der Waals surface area (Å²) in [5.41, 5.74) is 6.19. The number of halogens is 1. The second-order valence-electron chi connectivity index (χ2n) is 3.92. The largest absolute Gasteiger partial charge is 0.480 e. The molecule has 0 spiro atoms. The molecule has 4 N–H and O–H groups in total. The number of amides is 1. The van der Waals surface area contributed by atoms with Crippen molar-refractivity contribution in [3.05, 3.63) is 28.8 Å². The predicted molar refractivity (Wildman–Crippen MR) is 77.8 cm³/mol. The molecule has 0 radical (unpaired) electrons. The standard InChI is InChI=1S/C12H15ClN2O3S/c1-19-3-2-10(12(17)18)15-11(16)7-4-8(13)6-9(14)5-7/h4-6,10H,2-3,14H2,1H3,(H,15,16)(H,17,18)/t10-/m1/s1. The van der Waals surface area contributed by atoms with Gasteiger partial charge in [0.15, 0.2) is 0 Å². The molecule has 0 unspecified atom stereocenters. The van der Waals surface area contributed by atoms with Crippen molar-refractivity contribution in [2.75, 3.05) is 17.7 Å². The number of thioether (sulfide) groups is 1. The zero-order chi connectivity index (χ0) is 14.4. The molecule has 0 aromatic heterocycles. The number of carbonyl (C=O) groups excluding carboxylic acids is 1. The SMILES string of the molecule is CSCC[C@@H](NC(=O)c1cc(N)cc(Cl)c1)C(=O)O. The fourth-order valence-electron chi connectivity index (χ4n) is 1.48. The maximum Gasteiger partial charge on any atom is 0.326 e. The highest BCUT2D eigenvalue weighted by Gasteiger charge is 2.20. The molecule has 0 heterocycles. The first-order valence-electron chi connectivity index (χ1n) is 5.52. The fourth-order valence-corrected chi connectivity index (χ4v) is 2.19. The summed E-state index contributed by atoms with van der Waals surface area (Å²) in [7, 11) is 0. The molecule has 104 valence electrons. The van der Waals surface area contributed by atoms with E-state index in [1.54, 1.807) is 0 Å². The lowest BCUT2D eigenvalue weighted by Gasteiger charge is -2.14. The van der Waals surface area contributed by atoms with E-state index in [0.29, 0.717) is 22.9 Å². The molecule has 1 aromatic rings. The van der Waals surface area contributed by atoms with Crippen molar-refractivity contribution in [2.24, 2.45) is 0 Å². The van der Waals surface area contributed by atoms with Gasteiger partial charge in [-0.25, -0.2) is 4.79 Å². The zero-order valence-corrected chi connectivity index (χ0v) is 11.9. The number of aliphatic carboxylic acids is 1. The lowest BCUT2D eigenvalue weighted by molar-refractivity contribution is -0.139. The summed E-state index contributed by atoms with van der Waals surface area (Å²) in [5, 5.41) is 11.8. The van der Waals surface area contributed by atoms with E-state index in [0.717, 1.165) is 0 Å². The summed E-state index contributed by atoms with van der Waals surface area (Å²) in [6.45, 7) is 0. The Morgan fingerprint density at radius 1 is 1.47 bits per heavy atom. The van der Waals surface area contributed by atoms with Gasteiger partial charge in [-0.05, 0) is 36.6 Å². The summed E-state index contributed by atoms with van der Waals surface area (Å²) < 4.78 is 0. The van der Waals surface area contributed by atoms with E-state index in [1.165, 1.54) is 30.0 Å². The van der Waals surface area contributed by atoms with Gasteiger partial charge in [-0.3, -0.25) is 4.79 Å². The topological polar surface area (TPSA) is 92.4 Å². The van der Waals surface area contributed by atoms with Crippen LogP contribution in [0.25, 0.3) is 0 Å². The third-order valence-corrected chi connectivity index (χ3v) is 3.26. The van der Waals surface area contributed by atoms with Crippen molar-refractivity contribution < 1.29 is 14.7 Å². The minimum Gasteiger partial charge on any atom is -0.480 e. The Kier molecular flexibility index (Phi) is 5.98. The van der Waals surface area contributed by atoms with Gasteiger partial charge in [-0.15, -0.1) is 0 Å². The molecule has 5 nitrogen and oxygen atoms in total. The fraction of sp³-hybridized carbons (Fsp3) is 0.333. The molecule has 0 saturated carbocycles. The second-order valence-corrected chi connectivity index (χ2v) is 5.34. The summed E-state index contributed by atoms with van der Waals surface area (Å²) >= 11 is 7.32. The lowest BCUT2D eigenvalue weighted by Crippen LogP contribution is -2.41. The first kappa shape index (κ1) is 15.7. The number of anilines is 1. The van der Waals surface area contributed by atoms with E-state index in [4.69, 9.17) is 22.4 Å². The number of nitrogens with two attached hydrogens (primary N) is 1. The smallest absolute Gasteiger partial charge is 0.326 e. The maximum atomic E-state index is 11.9. The molecule has 1 rings (SSSR count). The highest BCUT2D eigenvalue weighted by atomic mass is 35.5. The summed E-state index contributed by atoms with van der Waals surface area (Å²) in [4.78, 5) is 23.0. The quantitative estimate of drug-likeness (QED) is 0.698. The van der Waals surface area contributed by atoms with Crippen molar-refractivity contribution in [3.63, 3.8) is 0 Å². The van der Waals surface area contributed by atoms with Crippen molar-refractivity contribution in [1.29, 1.82) is 0 Å². The minimum absolute atomic E-state index is 0.250. The van der Waals surface area contributed by atoms with Crippen LogP contribution in [0.3, 0.4) is 0 Å². The molecule has 19 heavy (non-hydrogen) atoms. The third-order valence-electron chi connectivity index (χ3n) is 2.40. The van der Waals surface area contributed by atoms with Crippen LogP contribution >= 0.6 is 23.4 Å². The Morgan fingerprint density at radius 2 is 2.16 bits per heavy atom. The van der Waals surface area contributed by atoms with Crippen LogP contribution in [-0.4, -0.2) is 35.0 Å². The number of carboxylic acids is 1. The lowest BCUT2D eigenvalue weighted by atomic mass is 10.1. The van der Waals surface area contributed by atoms with Gasteiger partial charge in [0.25, 0.3) is 5.91 Å². The van der Waals surface area contributed by atoms with Gasteiger partial charge in [0.2, 0.25) is 0 Å².